The zero-order valence-electron chi connectivity index (χ0n) is 20.3. The molecule has 0 radical (unpaired) electrons. The summed E-state index contributed by atoms with van der Waals surface area (Å²) in [6.45, 7) is 2.30. The van der Waals surface area contributed by atoms with Crippen molar-refractivity contribution < 1.29 is 9.90 Å². The van der Waals surface area contributed by atoms with Gasteiger partial charge in [-0.1, -0.05) is 78.9 Å². The second-order valence-electron chi connectivity index (χ2n) is 9.37. The first kappa shape index (κ1) is 23.8. The summed E-state index contributed by atoms with van der Waals surface area (Å²) in [4.78, 5) is 18.3. The van der Waals surface area contributed by atoms with Gasteiger partial charge in [0.25, 0.3) is 0 Å². The number of hydrogen-bond acceptors (Lipinski definition) is 4. The number of hydrogen-bond donors (Lipinski definition) is 2. The SMILES string of the molecule is O=C(O)CC1Cc2ccccc2CCN1Cc1ccc(-c2ccccc2CNc2ccccn2)cc1. The van der Waals surface area contributed by atoms with E-state index in [4.69, 9.17) is 0 Å². The summed E-state index contributed by atoms with van der Waals surface area (Å²) in [7, 11) is 0. The van der Waals surface area contributed by atoms with Gasteiger partial charge in [0.2, 0.25) is 0 Å². The first-order valence-corrected chi connectivity index (χ1v) is 12.5. The Morgan fingerprint density at radius 2 is 1.67 bits per heavy atom. The standard InChI is InChI=1S/C31H31N3O2/c35-31(36)20-28-19-26-8-2-1-7-24(26)16-18-34(28)22-23-12-14-25(15-13-23)29-10-4-3-9-27(29)21-33-30-11-5-6-17-32-30/h1-15,17,28H,16,18-22H2,(H,32,33)(H,35,36). The van der Waals surface area contributed by atoms with Crippen LogP contribution in [0.25, 0.3) is 11.1 Å². The first-order valence-electron chi connectivity index (χ1n) is 12.5. The van der Waals surface area contributed by atoms with E-state index in [-0.39, 0.29) is 12.5 Å². The molecular weight excluding hydrogens is 446 g/mol. The van der Waals surface area contributed by atoms with Crippen LogP contribution < -0.4 is 5.32 Å². The van der Waals surface area contributed by atoms with Gasteiger partial charge >= 0.3 is 5.97 Å². The number of carboxylic acids is 1. The van der Waals surface area contributed by atoms with Crippen LogP contribution in [0.5, 0.6) is 0 Å². The summed E-state index contributed by atoms with van der Waals surface area (Å²) in [6, 6.07) is 31.4. The van der Waals surface area contributed by atoms with Crippen molar-refractivity contribution in [1.29, 1.82) is 0 Å². The lowest BCUT2D eigenvalue weighted by Gasteiger charge is -2.29. The van der Waals surface area contributed by atoms with Crippen molar-refractivity contribution in [2.45, 2.75) is 38.4 Å². The molecule has 0 spiro atoms. The second kappa shape index (κ2) is 11.2. The third kappa shape index (κ3) is 5.81. The zero-order valence-corrected chi connectivity index (χ0v) is 20.3. The first-order chi connectivity index (χ1) is 17.7. The van der Waals surface area contributed by atoms with Gasteiger partial charge in [-0.3, -0.25) is 9.69 Å². The number of nitrogens with one attached hydrogen (secondary N) is 1. The molecule has 0 aliphatic carbocycles. The summed E-state index contributed by atoms with van der Waals surface area (Å²) >= 11 is 0. The van der Waals surface area contributed by atoms with Crippen molar-refractivity contribution >= 4 is 11.8 Å². The average molecular weight is 478 g/mol. The number of carbonyl (C=O) groups is 1. The van der Waals surface area contributed by atoms with Crippen molar-refractivity contribution in [1.82, 2.24) is 9.88 Å². The Labute approximate surface area is 212 Å². The van der Waals surface area contributed by atoms with Crippen LogP contribution >= 0.6 is 0 Å². The maximum Gasteiger partial charge on any atom is 0.304 e. The van der Waals surface area contributed by atoms with Crippen LogP contribution in [0.3, 0.4) is 0 Å². The summed E-state index contributed by atoms with van der Waals surface area (Å²) in [5.74, 6) is 0.119. The molecule has 0 saturated heterocycles. The molecule has 1 aliphatic heterocycles. The number of benzene rings is 3. The Bertz CT molecular complexity index is 1300. The maximum atomic E-state index is 11.6. The molecule has 1 atom stereocenters. The molecule has 1 unspecified atom stereocenters. The Hall–Kier alpha value is -3.96. The Morgan fingerprint density at radius 1 is 0.917 bits per heavy atom. The minimum absolute atomic E-state index is 0.00998. The molecule has 1 aliphatic rings. The van der Waals surface area contributed by atoms with Crippen LogP contribution in [0.1, 0.15) is 28.7 Å². The number of nitrogens with zero attached hydrogens (tertiary/aromatic N) is 2. The molecule has 3 aromatic carbocycles. The fourth-order valence-corrected chi connectivity index (χ4v) is 5.07. The largest absolute Gasteiger partial charge is 0.481 e. The van der Waals surface area contributed by atoms with Crippen molar-refractivity contribution in [2.75, 3.05) is 11.9 Å². The maximum absolute atomic E-state index is 11.6. The van der Waals surface area contributed by atoms with Crippen LogP contribution in [0.2, 0.25) is 0 Å². The van der Waals surface area contributed by atoms with Crippen molar-refractivity contribution in [3.8, 4) is 11.1 Å². The third-order valence-corrected chi connectivity index (χ3v) is 6.96. The predicted octanol–water partition coefficient (Wildman–Crippen LogP) is 5.80. The number of aromatic nitrogens is 1. The molecule has 5 nitrogen and oxygen atoms in total. The summed E-state index contributed by atoms with van der Waals surface area (Å²) in [6.07, 6.45) is 3.66. The molecule has 2 N–H and O–H groups in total. The quantitative estimate of drug-likeness (QED) is 0.336. The zero-order chi connectivity index (χ0) is 24.7. The number of aliphatic carboxylic acids is 1. The molecular formula is C31H31N3O2. The van der Waals surface area contributed by atoms with Gasteiger partial charge in [-0.2, -0.15) is 0 Å². The highest BCUT2D eigenvalue weighted by Gasteiger charge is 2.26. The number of fused-ring (bicyclic) bond motifs is 1. The van der Waals surface area contributed by atoms with E-state index in [2.05, 4.69) is 88.0 Å². The number of rotatable bonds is 8. The Balaban J connectivity index is 1.31. The number of carboxylic acid groups (broad SMARTS) is 1. The van der Waals surface area contributed by atoms with E-state index in [0.29, 0.717) is 6.54 Å². The molecule has 182 valence electrons. The summed E-state index contributed by atoms with van der Waals surface area (Å²) in [5, 5.41) is 13.0. The smallest absolute Gasteiger partial charge is 0.304 e. The lowest BCUT2D eigenvalue weighted by atomic mass is 9.97. The van der Waals surface area contributed by atoms with E-state index in [9.17, 15) is 9.90 Å². The van der Waals surface area contributed by atoms with E-state index in [1.54, 1.807) is 6.20 Å². The van der Waals surface area contributed by atoms with Crippen molar-refractivity contribution in [3.05, 3.63) is 119 Å². The highest BCUT2D eigenvalue weighted by atomic mass is 16.4. The minimum atomic E-state index is -0.740. The molecule has 0 saturated carbocycles. The minimum Gasteiger partial charge on any atom is -0.481 e. The Kier molecular flexibility index (Phi) is 7.39. The average Bonchev–Trinajstić information content (AvgIpc) is 3.07. The van der Waals surface area contributed by atoms with E-state index in [1.807, 2.05) is 18.2 Å². The van der Waals surface area contributed by atoms with Crippen LogP contribution in [-0.4, -0.2) is 33.5 Å². The molecule has 5 heteroatoms. The topological polar surface area (TPSA) is 65.5 Å². The van der Waals surface area contributed by atoms with E-state index >= 15 is 0 Å². The lowest BCUT2D eigenvalue weighted by molar-refractivity contribution is -0.138. The van der Waals surface area contributed by atoms with Gasteiger partial charge < -0.3 is 10.4 Å². The molecule has 0 fully saturated rings. The van der Waals surface area contributed by atoms with E-state index < -0.39 is 5.97 Å². The predicted molar refractivity (Wildman–Crippen MR) is 144 cm³/mol. The lowest BCUT2D eigenvalue weighted by Crippen LogP contribution is -2.37. The molecule has 1 aromatic heterocycles. The molecule has 0 amide bonds. The third-order valence-electron chi connectivity index (χ3n) is 6.96. The van der Waals surface area contributed by atoms with Gasteiger partial charge in [-0.05, 0) is 58.4 Å². The van der Waals surface area contributed by atoms with Gasteiger partial charge in [0.05, 0.1) is 6.42 Å². The fraction of sp³-hybridized carbons (Fsp3) is 0.226. The number of pyridine rings is 1. The van der Waals surface area contributed by atoms with Gasteiger partial charge in [-0.25, -0.2) is 4.98 Å². The summed E-state index contributed by atoms with van der Waals surface area (Å²) in [5.41, 5.74) is 7.38. The highest BCUT2D eigenvalue weighted by Crippen LogP contribution is 2.27. The van der Waals surface area contributed by atoms with Gasteiger partial charge in [0.15, 0.2) is 0 Å². The second-order valence-corrected chi connectivity index (χ2v) is 9.37. The molecule has 4 aromatic rings. The number of anilines is 1. The van der Waals surface area contributed by atoms with Gasteiger partial charge in [-0.15, -0.1) is 0 Å². The van der Waals surface area contributed by atoms with Crippen molar-refractivity contribution in [3.63, 3.8) is 0 Å². The molecule has 2 heterocycles. The normalized spacial score (nSPS) is 15.6. The monoisotopic (exact) mass is 477 g/mol. The Morgan fingerprint density at radius 3 is 2.44 bits per heavy atom. The van der Waals surface area contributed by atoms with Gasteiger partial charge in [0, 0.05) is 31.9 Å². The van der Waals surface area contributed by atoms with Crippen LogP contribution in [0.4, 0.5) is 5.82 Å². The van der Waals surface area contributed by atoms with Crippen LogP contribution in [0.15, 0.2) is 97.2 Å². The van der Waals surface area contributed by atoms with Crippen LogP contribution in [0, 0.1) is 0 Å². The molecule has 5 rings (SSSR count). The molecule has 0 bridgehead atoms. The van der Waals surface area contributed by atoms with Gasteiger partial charge in [0.1, 0.15) is 5.82 Å². The van der Waals surface area contributed by atoms with E-state index in [1.165, 1.54) is 33.4 Å². The van der Waals surface area contributed by atoms with Crippen LogP contribution in [-0.2, 0) is 30.7 Å². The fourth-order valence-electron chi connectivity index (χ4n) is 5.07. The van der Waals surface area contributed by atoms with E-state index in [0.717, 1.165) is 31.7 Å². The van der Waals surface area contributed by atoms with Crippen molar-refractivity contribution in [2.24, 2.45) is 0 Å². The highest BCUT2D eigenvalue weighted by molar-refractivity contribution is 5.68. The molecule has 36 heavy (non-hydrogen) atoms. The summed E-state index contributed by atoms with van der Waals surface area (Å²) < 4.78 is 0.